The van der Waals surface area contributed by atoms with E-state index in [1.165, 1.54) is 0 Å². The number of carbonyl (C=O) groups is 2. The Balaban J connectivity index is 2.22. The third-order valence-electron chi connectivity index (χ3n) is 3.73. The van der Waals surface area contributed by atoms with Crippen LogP contribution in [0.25, 0.3) is 0 Å². The molecule has 2 unspecified atom stereocenters. The van der Waals surface area contributed by atoms with Crippen molar-refractivity contribution in [2.45, 2.75) is 45.3 Å². The Morgan fingerprint density at radius 1 is 1.41 bits per heavy atom. The van der Waals surface area contributed by atoms with Crippen molar-refractivity contribution in [2.24, 2.45) is 5.73 Å². The highest BCUT2D eigenvalue weighted by molar-refractivity contribution is 6.31. The molecule has 5 nitrogen and oxygen atoms in total. The van der Waals surface area contributed by atoms with Crippen molar-refractivity contribution in [3.8, 4) is 0 Å². The standard InChI is InChI=1S/C16H22ClN3O2/c1-9(2)19-15(21)14-7-12(18)8-20(14)16(22)11-4-5-13(17)10(3)6-11/h4-6,9,12,14H,7-8,18H2,1-3H3,(H,19,21). The lowest BCUT2D eigenvalue weighted by atomic mass is 10.1. The van der Waals surface area contributed by atoms with Gasteiger partial charge in [-0.1, -0.05) is 11.6 Å². The Bertz CT molecular complexity index is 589. The molecule has 0 radical (unpaired) electrons. The molecule has 0 aromatic heterocycles. The van der Waals surface area contributed by atoms with Crippen molar-refractivity contribution >= 4 is 23.4 Å². The summed E-state index contributed by atoms with van der Waals surface area (Å²) in [5.74, 6) is -0.335. The Morgan fingerprint density at radius 2 is 2.09 bits per heavy atom. The molecule has 0 aliphatic carbocycles. The first-order chi connectivity index (χ1) is 10.3. The lowest BCUT2D eigenvalue weighted by Crippen LogP contribution is -2.47. The van der Waals surface area contributed by atoms with Gasteiger partial charge >= 0.3 is 0 Å². The van der Waals surface area contributed by atoms with Crippen LogP contribution < -0.4 is 11.1 Å². The van der Waals surface area contributed by atoms with Gasteiger partial charge in [0.1, 0.15) is 6.04 Å². The quantitative estimate of drug-likeness (QED) is 0.889. The Kier molecular flexibility index (Phi) is 5.08. The smallest absolute Gasteiger partial charge is 0.254 e. The predicted octanol–water partition coefficient (Wildman–Crippen LogP) is 1.71. The van der Waals surface area contributed by atoms with Gasteiger partial charge in [0.25, 0.3) is 5.91 Å². The Morgan fingerprint density at radius 3 is 2.68 bits per heavy atom. The minimum absolute atomic E-state index is 0.0269. The molecule has 1 aromatic rings. The van der Waals surface area contributed by atoms with Crippen LogP contribution >= 0.6 is 11.6 Å². The molecule has 0 spiro atoms. The van der Waals surface area contributed by atoms with E-state index in [1.54, 1.807) is 23.1 Å². The largest absolute Gasteiger partial charge is 0.352 e. The normalized spacial score (nSPS) is 21.3. The van der Waals surface area contributed by atoms with Gasteiger partial charge in [0.05, 0.1) is 0 Å². The number of likely N-dealkylation sites (tertiary alicyclic amines) is 1. The van der Waals surface area contributed by atoms with Crippen LogP contribution in [0.3, 0.4) is 0 Å². The van der Waals surface area contributed by atoms with Crippen LogP contribution in [0.5, 0.6) is 0 Å². The van der Waals surface area contributed by atoms with Gasteiger partial charge in [0.15, 0.2) is 0 Å². The van der Waals surface area contributed by atoms with Crippen molar-refractivity contribution in [1.82, 2.24) is 10.2 Å². The zero-order chi connectivity index (χ0) is 16.4. The van der Waals surface area contributed by atoms with E-state index in [0.717, 1.165) is 5.56 Å². The highest BCUT2D eigenvalue weighted by atomic mass is 35.5. The predicted molar refractivity (Wildman–Crippen MR) is 86.9 cm³/mol. The summed E-state index contributed by atoms with van der Waals surface area (Å²) in [6.45, 7) is 6.01. The molecule has 1 aliphatic rings. The van der Waals surface area contributed by atoms with Crippen LogP contribution in [0.2, 0.25) is 5.02 Å². The van der Waals surface area contributed by atoms with Gasteiger partial charge in [-0.2, -0.15) is 0 Å². The summed E-state index contributed by atoms with van der Waals surface area (Å²) in [6, 6.07) is 4.45. The van der Waals surface area contributed by atoms with E-state index >= 15 is 0 Å². The second-order valence-corrected chi connectivity index (χ2v) is 6.50. The molecule has 3 N–H and O–H groups in total. The summed E-state index contributed by atoms with van der Waals surface area (Å²) in [4.78, 5) is 26.6. The van der Waals surface area contributed by atoms with Crippen molar-refractivity contribution < 1.29 is 9.59 Å². The summed E-state index contributed by atoms with van der Waals surface area (Å²) >= 11 is 6.00. The number of nitrogens with zero attached hydrogens (tertiary/aromatic N) is 1. The zero-order valence-electron chi connectivity index (χ0n) is 13.1. The lowest BCUT2D eigenvalue weighted by Gasteiger charge is -2.25. The zero-order valence-corrected chi connectivity index (χ0v) is 13.9. The van der Waals surface area contributed by atoms with Gasteiger partial charge in [0.2, 0.25) is 5.91 Å². The van der Waals surface area contributed by atoms with Gasteiger partial charge < -0.3 is 16.0 Å². The topological polar surface area (TPSA) is 75.4 Å². The Labute approximate surface area is 135 Å². The second-order valence-electron chi connectivity index (χ2n) is 6.10. The van der Waals surface area contributed by atoms with E-state index in [0.29, 0.717) is 23.6 Å². The van der Waals surface area contributed by atoms with E-state index in [4.69, 9.17) is 17.3 Å². The molecule has 1 saturated heterocycles. The first-order valence-electron chi connectivity index (χ1n) is 7.42. The maximum absolute atomic E-state index is 12.7. The molecule has 0 bridgehead atoms. The van der Waals surface area contributed by atoms with Crippen LogP contribution in [-0.2, 0) is 4.79 Å². The van der Waals surface area contributed by atoms with E-state index < -0.39 is 6.04 Å². The third kappa shape index (κ3) is 3.59. The van der Waals surface area contributed by atoms with E-state index in [1.807, 2.05) is 20.8 Å². The molecule has 2 amide bonds. The number of rotatable bonds is 3. The van der Waals surface area contributed by atoms with E-state index in [9.17, 15) is 9.59 Å². The molecule has 2 atom stereocenters. The molecule has 0 saturated carbocycles. The highest BCUT2D eigenvalue weighted by Gasteiger charge is 2.38. The summed E-state index contributed by atoms with van der Waals surface area (Å²) in [5, 5.41) is 3.47. The van der Waals surface area contributed by atoms with Crippen LogP contribution in [0.4, 0.5) is 0 Å². The van der Waals surface area contributed by atoms with Crippen LogP contribution in [0.15, 0.2) is 18.2 Å². The number of amides is 2. The van der Waals surface area contributed by atoms with Crippen molar-refractivity contribution in [3.63, 3.8) is 0 Å². The highest BCUT2D eigenvalue weighted by Crippen LogP contribution is 2.22. The fourth-order valence-corrected chi connectivity index (χ4v) is 2.78. The van der Waals surface area contributed by atoms with Crippen molar-refractivity contribution in [3.05, 3.63) is 34.3 Å². The first-order valence-corrected chi connectivity index (χ1v) is 7.80. The molecule has 1 fully saturated rings. The molecule has 1 heterocycles. The summed E-state index contributed by atoms with van der Waals surface area (Å²) in [5.41, 5.74) is 7.32. The number of nitrogens with one attached hydrogen (secondary N) is 1. The van der Waals surface area contributed by atoms with Crippen LogP contribution in [0.1, 0.15) is 36.2 Å². The number of hydrogen-bond donors (Lipinski definition) is 2. The minimum atomic E-state index is -0.513. The average Bonchev–Trinajstić information content (AvgIpc) is 2.82. The van der Waals surface area contributed by atoms with E-state index in [-0.39, 0.29) is 23.9 Å². The molecular formula is C16H22ClN3O2. The number of benzene rings is 1. The van der Waals surface area contributed by atoms with Crippen molar-refractivity contribution in [1.29, 1.82) is 0 Å². The molecule has 6 heteroatoms. The monoisotopic (exact) mass is 323 g/mol. The third-order valence-corrected chi connectivity index (χ3v) is 4.16. The maximum Gasteiger partial charge on any atom is 0.254 e. The van der Waals surface area contributed by atoms with Gasteiger partial charge in [0, 0.05) is 29.2 Å². The summed E-state index contributed by atoms with van der Waals surface area (Å²) in [6.07, 6.45) is 0.483. The maximum atomic E-state index is 12.7. The molecule has 1 aromatic carbocycles. The molecule has 22 heavy (non-hydrogen) atoms. The number of carbonyl (C=O) groups excluding carboxylic acids is 2. The summed E-state index contributed by atoms with van der Waals surface area (Å²) < 4.78 is 0. The van der Waals surface area contributed by atoms with Crippen molar-refractivity contribution in [2.75, 3.05) is 6.54 Å². The van der Waals surface area contributed by atoms with Crippen LogP contribution in [-0.4, -0.2) is 41.4 Å². The van der Waals surface area contributed by atoms with Gasteiger partial charge in [-0.05, 0) is 51.0 Å². The number of nitrogens with two attached hydrogens (primary N) is 1. The van der Waals surface area contributed by atoms with E-state index in [2.05, 4.69) is 5.32 Å². The molecule has 1 aliphatic heterocycles. The minimum Gasteiger partial charge on any atom is -0.352 e. The molecule has 2 rings (SSSR count). The lowest BCUT2D eigenvalue weighted by molar-refractivity contribution is -0.125. The Hall–Kier alpha value is -1.59. The summed E-state index contributed by atoms with van der Waals surface area (Å²) in [7, 11) is 0. The molecular weight excluding hydrogens is 302 g/mol. The number of hydrogen-bond acceptors (Lipinski definition) is 3. The number of aryl methyl sites for hydroxylation is 1. The first kappa shape index (κ1) is 16.8. The fourth-order valence-electron chi connectivity index (χ4n) is 2.67. The van der Waals surface area contributed by atoms with Gasteiger partial charge in [-0.25, -0.2) is 0 Å². The molecule has 120 valence electrons. The van der Waals surface area contributed by atoms with Gasteiger partial charge in [-0.3, -0.25) is 9.59 Å². The van der Waals surface area contributed by atoms with Crippen LogP contribution in [0, 0.1) is 6.92 Å². The number of halogens is 1. The average molecular weight is 324 g/mol. The SMILES string of the molecule is Cc1cc(C(=O)N2CC(N)CC2C(=O)NC(C)C)ccc1Cl. The second kappa shape index (κ2) is 6.67. The fraction of sp³-hybridized carbons (Fsp3) is 0.500. The van der Waals surface area contributed by atoms with Gasteiger partial charge in [-0.15, -0.1) is 0 Å².